The molecule has 0 N–H and O–H groups in total. The minimum absolute atomic E-state index is 0.158. The molecule has 0 spiro atoms. The summed E-state index contributed by atoms with van der Waals surface area (Å²) in [6, 6.07) is 7.61. The lowest BCUT2D eigenvalue weighted by Crippen LogP contribution is -2.32. The van der Waals surface area contributed by atoms with Crippen molar-refractivity contribution in [3.05, 3.63) is 29.8 Å². The highest BCUT2D eigenvalue weighted by Crippen LogP contribution is 2.17. The van der Waals surface area contributed by atoms with Crippen LogP contribution in [0.5, 0.6) is 5.75 Å². The molecule has 1 fully saturated rings. The number of hydrogen-bond donors (Lipinski definition) is 0. The quantitative estimate of drug-likeness (QED) is 0.820. The molecule has 0 saturated carbocycles. The molecule has 1 saturated heterocycles. The van der Waals surface area contributed by atoms with E-state index in [1.54, 1.807) is 18.9 Å². The van der Waals surface area contributed by atoms with Crippen molar-refractivity contribution in [2.75, 3.05) is 25.2 Å². The summed E-state index contributed by atoms with van der Waals surface area (Å²) in [5.74, 6) is 2.71. The fourth-order valence-electron chi connectivity index (χ4n) is 1.77. The fourth-order valence-corrected chi connectivity index (χ4v) is 2.65. The Morgan fingerprint density at radius 1 is 1.59 bits per heavy atom. The van der Waals surface area contributed by atoms with E-state index in [1.807, 2.05) is 24.3 Å². The highest BCUT2D eigenvalue weighted by Gasteiger charge is 2.22. The largest absolute Gasteiger partial charge is 0.497 e. The van der Waals surface area contributed by atoms with Crippen LogP contribution in [-0.4, -0.2) is 37.1 Å². The molecule has 1 heterocycles. The van der Waals surface area contributed by atoms with E-state index < -0.39 is 0 Å². The normalized spacial score (nSPS) is 19.9. The average molecular weight is 252 g/mol. The molecule has 0 aliphatic carbocycles. The van der Waals surface area contributed by atoms with Crippen LogP contribution in [0.2, 0.25) is 0 Å². The number of hydrogen-bond acceptors (Lipinski definition) is 4. The Kier molecular flexibility index (Phi) is 4.45. The number of ether oxygens (including phenoxy) is 2. The fraction of sp³-hybridized carbons (Fsp3) is 0.462. The van der Waals surface area contributed by atoms with Crippen molar-refractivity contribution < 1.29 is 14.3 Å². The van der Waals surface area contributed by atoms with Crippen LogP contribution in [0.4, 0.5) is 0 Å². The van der Waals surface area contributed by atoms with Crippen molar-refractivity contribution >= 4 is 17.5 Å². The molecule has 0 amide bonds. The lowest BCUT2D eigenvalue weighted by molar-refractivity contribution is -0.128. The summed E-state index contributed by atoms with van der Waals surface area (Å²) in [4.78, 5) is 12.0. The smallest absolute Gasteiger partial charge is 0.166 e. The number of carbonyl (C=O) groups is 1. The maximum Gasteiger partial charge on any atom is 0.166 e. The SMILES string of the molecule is COc1cccc(CC(=O)C2CSCCO2)c1. The molecule has 2 rings (SSSR count). The number of ketones is 1. The minimum atomic E-state index is -0.236. The lowest BCUT2D eigenvalue weighted by atomic mass is 10.1. The standard InChI is InChI=1S/C13H16O3S/c1-15-11-4-2-3-10(7-11)8-12(14)13-9-17-6-5-16-13/h2-4,7,13H,5-6,8-9H2,1H3. The number of Topliss-reactive ketones (excluding diaryl/α,β-unsaturated/α-hetero) is 1. The Hall–Kier alpha value is -1.00. The Bertz CT molecular complexity index is 386. The first-order chi connectivity index (χ1) is 8.29. The molecular weight excluding hydrogens is 236 g/mol. The van der Waals surface area contributed by atoms with Gasteiger partial charge in [0, 0.05) is 17.9 Å². The summed E-state index contributed by atoms with van der Waals surface area (Å²) < 4.78 is 10.6. The van der Waals surface area contributed by atoms with E-state index in [-0.39, 0.29) is 11.9 Å². The average Bonchev–Trinajstić information content (AvgIpc) is 2.40. The summed E-state index contributed by atoms with van der Waals surface area (Å²) in [5.41, 5.74) is 0.980. The molecule has 92 valence electrons. The zero-order valence-corrected chi connectivity index (χ0v) is 10.7. The molecule has 17 heavy (non-hydrogen) atoms. The first kappa shape index (κ1) is 12.5. The maximum absolute atomic E-state index is 12.0. The second kappa shape index (κ2) is 6.07. The van der Waals surface area contributed by atoms with Crippen LogP contribution in [0.25, 0.3) is 0 Å². The molecule has 1 aromatic rings. The minimum Gasteiger partial charge on any atom is -0.497 e. The van der Waals surface area contributed by atoms with E-state index in [0.717, 1.165) is 22.8 Å². The summed E-state index contributed by atoms with van der Waals surface area (Å²) in [6.45, 7) is 0.680. The van der Waals surface area contributed by atoms with Gasteiger partial charge in [-0.3, -0.25) is 4.79 Å². The van der Waals surface area contributed by atoms with Crippen LogP contribution >= 0.6 is 11.8 Å². The van der Waals surface area contributed by atoms with Gasteiger partial charge in [-0.25, -0.2) is 0 Å². The van der Waals surface area contributed by atoms with Crippen molar-refractivity contribution in [3.63, 3.8) is 0 Å². The van der Waals surface area contributed by atoms with E-state index in [9.17, 15) is 4.79 Å². The third-order valence-electron chi connectivity index (χ3n) is 2.69. The highest BCUT2D eigenvalue weighted by atomic mass is 32.2. The van der Waals surface area contributed by atoms with Gasteiger partial charge in [0.25, 0.3) is 0 Å². The van der Waals surface area contributed by atoms with E-state index in [2.05, 4.69) is 0 Å². The van der Waals surface area contributed by atoms with Gasteiger partial charge in [-0.1, -0.05) is 12.1 Å². The number of benzene rings is 1. The number of carbonyl (C=O) groups excluding carboxylic acids is 1. The highest BCUT2D eigenvalue weighted by molar-refractivity contribution is 7.99. The molecule has 0 radical (unpaired) electrons. The van der Waals surface area contributed by atoms with Gasteiger partial charge in [0.2, 0.25) is 0 Å². The molecule has 0 aromatic heterocycles. The topological polar surface area (TPSA) is 35.5 Å². The maximum atomic E-state index is 12.0. The summed E-state index contributed by atoms with van der Waals surface area (Å²) in [7, 11) is 1.63. The van der Waals surface area contributed by atoms with Gasteiger partial charge in [0.05, 0.1) is 13.7 Å². The zero-order chi connectivity index (χ0) is 12.1. The first-order valence-electron chi connectivity index (χ1n) is 5.64. The van der Waals surface area contributed by atoms with E-state index >= 15 is 0 Å². The molecule has 1 aliphatic heterocycles. The Morgan fingerprint density at radius 3 is 3.18 bits per heavy atom. The zero-order valence-electron chi connectivity index (χ0n) is 9.85. The number of rotatable bonds is 4. The van der Waals surface area contributed by atoms with Gasteiger partial charge >= 0.3 is 0 Å². The van der Waals surface area contributed by atoms with Crippen molar-refractivity contribution in [1.82, 2.24) is 0 Å². The first-order valence-corrected chi connectivity index (χ1v) is 6.80. The molecular formula is C13H16O3S. The summed E-state index contributed by atoms with van der Waals surface area (Å²) >= 11 is 1.78. The molecule has 1 aliphatic rings. The van der Waals surface area contributed by atoms with Gasteiger partial charge < -0.3 is 9.47 Å². The monoisotopic (exact) mass is 252 g/mol. The van der Waals surface area contributed by atoms with Gasteiger partial charge in [0.15, 0.2) is 5.78 Å². The van der Waals surface area contributed by atoms with Crippen LogP contribution in [0, 0.1) is 0 Å². The van der Waals surface area contributed by atoms with Gasteiger partial charge in [0.1, 0.15) is 11.9 Å². The molecule has 1 unspecified atom stereocenters. The molecule has 4 heteroatoms. The van der Waals surface area contributed by atoms with Crippen LogP contribution in [0.15, 0.2) is 24.3 Å². The number of thioether (sulfide) groups is 1. The Labute approximate surface area is 105 Å². The Morgan fingerprint density at radius 2 is 2.47 bits per heavy atom. The van der Waals surface area contributed by atoms with Crippen molar-refractivity contribution in [1.29, 1.82) is 0 Å². The number of methoxy groups -OCH3 is 1. The van der Waals surface area contributed by atoms with Crippen LogP contribution in [-0.2, 0) is 16.0 Å². The van der Waals surface area contributed by atoms with E-state index in [0.29, 0.717) is 13.0 Å². The lowest BCUT2D eigenvalue weighted by Gasteiger charge is -2.21. The van der Waals surface area contributed by atoms with Gasteiger partial charge in [-0.2, -0.15) is 11.8 Å². The van der Waals surface area contributed by atoms with Crippen LogP contribution < -0.4 is 4.74 Å². The predicted molar refractivity (Wildman–Crippen MR) is 68.8 cm³/mol. The van der Waals surface area contributed by atoms with Crippen molar-refractivity contribution in [3.8, 4) is 5.75 Å². The van der Waals surface area contributed by atoms with E-state index in [4.69, 9.17) is 9.47 Å². The molecule has 0 bridgehead atoms. The second-order valence-corrected chi connectivity index (χ2v) is 5.08. The van der Waals surface area contributed by atoms with Gasteiger partial charge in [-0.15, -0.1) is 0 Å². The van der Waals surface area contributed by atoms with Crippen molar-refractivity contribution in [2.24, 2.45) is 0 Å². The summed E-state index contributed by atoms with van der Waals surface area (Å²) in [6.07, 6.45) is 0.183. The van der Waals surface area contributed by atoms with Gasteiger partial charge in [-0.05, 0) is 17.7 Å². The molecule has 1 atom stereocenters. The third-order valence-corrected chi connectivity index (χ3v) is 3.68. The van der Waals surface area contributed by atoms with Crippen LogP contribution in [0.3, 0.4) is 0 Å². The molecule has 1 aromatic carbocycles. The van der Waals surface area contributed by atoms with Crippen LogP contribution in [0.1, 0.15) is 5.56 Å². The predicted octanol–water partition coefficient (Wildman–Crippen LogP) is 1.94. The van der Waals surface area contributed by atoms with Crippen molar-refractivity contribution in [2.45, 2.75) is 12.5 Å². The summed E-state index contributed by atoms with van der Waals surface area (Å²) in [5, 5.41) is 0. The second-order valence-electron chi connectivity index (χ2n) is 3.93. The Balaban J connectivity index is 1.96. The van der Waals surface area contributed by atoms with E-state index in [1.165, 1.54) is 0 Å². The molecule has 3 nitrogen and oxygen atoms in total. The third kappa shape index (κ3) is 3.48.